The van der Waals surface area contributed by atoms with Gasteiger partial charge in [-0.15, -0.1) is 0 Å². The molecule has 0 spiro atoms. The summed E-state index contributed by atoms with van der Waals surface area (Å²) >= 11 is 0. The Balaban J connectivity index is 4.35. The first kappa shape index (κ1) is 79.3. The van der Waals surface area contributed by atoms with Crippen molar-refractivity contribution in [3.63, 3.8) is 0 Å². The van der Waals surface area contributed by atoms with Gasteiger partial charge in [-0.25, -0.2) is 0 Å². The number of hydrogen-bond donors (Lipinski definition) is 0. The van der Waals surface area contributed by atoms with Crippen LogP contribution in [0.2, 0.25) is 0 Å². The third-order valence-corrected chi connectivity index (χ3v) is 15.6. The number of esters is 3. The average molecular weight is 1160 g/mol. The second-order valence-corrected chi connectivity index (χ2v) is 23.8. The molecule has 0 radical (unpaired) electrons. The molecule has 0 bridgehead atoms. The molecule has 0 rings (SSSR count). The van der Waals surface area contributed by atoms with Crippen molar-refractivity contribution < 1.29 is 28.6 Å². The maximum Gasteiger partial charge on any atom is 0.306 e. The van der Waals surface area contributed by atoms with Crippen LogP contribution in [0.4, 0.5) is 0 Å². The largest absolute Gasteiger partial charge is 0.462 e. The topological polar surface area (TPSA) is 78.9 Å². The Bertz CT molecular complexity index is 1610. The van der Waals surface area contributed by atoms with E-state index in [1.165, 1.54) is 193 Å². The Morgan fingerprint density at radius 2 is 0.470 bits per heavy atom. The fraction of sp³-hybridized carbons (Fsp3) is 0.753. The summed E-state index contributed by atoms with van der Waals surface area (Å²) in [6, 6.07) is 0. The Morgan fingerprint density at radius 1 is 0.253 bits per heavy atom. The maximum atomic E-state index is 12.9. The van der Waals surface area contributed by atoms with Gasteiger partial charge in [-0.05, 0) is 103 Å². The van der Waals surface area contributed by atoms with Gasteiger partial charge in [-0.1, -0.05) is 330 Å². The number of allylic oxidation sites excluding steroid dienone is 16. The fourth-order valence-electron chi connectivity index (χ4n) is 10.2. The minimum atomic E-state index is -0.809. The summed E-state index contributed by atoms with van der Waals surface area (Å²) in [6.45, 7) is 6.51. The van der Waals surface area contributed by atoms with E-state index in [-0.39, 0.29) is 37.5 Å². The molecule has 0 saturated carbocycles. The summed E-state index contributed by atoms with van der Waals surface area (Å²) in [5.41, 5.74) is 0. The zero-order valence-corrected chi connectivity index (χ0v) is 54.9. The highest BCUT2D eigenvalue weighted by Crippen LogP contribution is 2.18. The predicted octanol–water partition coefficient (Wildman–Crippen LogP) is 24.8. The van der Waals surface area contributed by atoms with Crippen LogP contribution in [0.3, 0.4) is 0 Å². The molecule has 1 unspecified atom stereocenters. The van der Waals surface area contributed by atoms with Crippen LogP contribution in [0.1, 0.15) is 355 Å². The predicted molar refractivity (Wildman–Crippen MR) is 362 cm³/mol. The first-order valence-electron chi connectivity index (χ1n) is 35.7. The smallest absolute Gasteiger partial charge is 0.306 e. The molecule has 83 heavy (non-hydrogen) atoms. The van der Waals surface area contributed by atoms with Crippen molar-refractivity contribution >= 4 is 17.9 Å². The van der Waals surface area contributed by atoms with Crippen LogP contribution in [-0.2, 0) is 28.6 Å². The molecule has 478 valence electrons. The van der Waals surface area contributed by atoms with Crippen molar-refractivity contribution in [3.05, 3.63) is 97.2 Å². The molecule has 0 aliphatic heterocycles. The van der Waals surface area contributed by atoms with E-state index in [9.17, 15) is 14.4 Å². The van der Waals surface area contributed by atoms with Crippen molar-refractivity contribution in [2.24, 2.45) is 0 Å². The Hall–Kier alpha value is -3.67. The third kappa shape index (κ3) is 69.0. The summed E-state index contributed by atoms with van der Waals surface area (Å²) < 4.78 is 16.9. The number of hydrogen-bond acceptors (Lipinski definition) is 6. The van der Waals surface area contributed by atoms with Gasteiger partial charge < -0.3 is 14.2 Å². The summed E-state index contributed by atoms with van der Waals surface area (Å²) in [7, 11) is 0. The maximum absolute atomic E-state index is 12.9. The number of ether oxygens (including phenoxy) is 3. The van der Waals surface area contributed by atoms with Crippen LogP contribution in [0.15, 0.2) is 97.2 Å². The Morgan fingerprint density at radius 3 is 0.771 bits per heavy atom. The lowest BCUT2D eigenvalue weighted by Crippen LogP contribution is -2.30. The fourth-order valence-corrected chi connectivity index (χ4v) is 10.2. The highest BCUT2D eigenvalue weighted by Gasteiger charge is 2.19. The lowest BCUT2D eigenvalue weighted by Gasteiger charge is -2.18. The van der Waals surface area contributed by atoms with Crippen molar-refractivity contribution in [1.82, 2.24) is 0 Å². The summed E-state index contributed by atoms with van der Waals surface area (Å²) in [5.74, 6) is -0.940. The molecule has 0 amide bonds. The molecule has 0 aliphatic rings. The van der Waals surface area contributed by atoms with Crippen molar-refractivity contribution in [2.75, 3.05) is 13.2 Å². The molecular formula is C77H134O6. The molecule has 6 nitrogen and oxygen atoms in total. The lowest BCUT2D eigenvalue weighted by atomic mass is 10.0. The van der Waals surface area contributed by atoms with Crippen LogP contribution < -0.4 is 0 Å². The molecule has 6 heteroatoms. The second kappa shape index (κ2) is 70.8. The number of carbonyl (C=O) groups is 3. The zero-order chi connectivity index (χ0) is 59.9. The third-order valence-electron chi connectivity index (χ3n) is 15.6. The van der Waals surface area contributed by atoms with E-state index in [1.807, 2.05) is 0 Å². The first-order chi connectivity index (χ1) is 41.0. The van der Waals surface area contributed by atoms with Crippen molar-refractivity contribution in [3.8, 4) is 0 Å². The molecule has 0 N–H and O–H groups in total. The average Bonchev–Trinajstić information content (AvgIpc) is 3.50. The molecule has 0 aromatic rings. The molecule has 0 aromatic heterocycles. The van der Waals surface area contributed by atoms with Crippen LogP contribution in [-0.4, -0.2) is 37.2 Å². The van der Waals surface area contributed by atoms with Gasteiger partial charge >= 0.3 is 17.9 Å². The van der Waals surface area contributed by atoms with Gasteiger partial charge in [0.05, 0.1) is 0 Å². The summed E-state index contributed by atoms with van der Waals surface area (Å²) in [5, 5.41) is 0. The minimum absolute atomic E-state index is 0.0975. The summed E-state index contributed by atoms with van der Waals surface area (Å²) in [6.07, 6.45) is 95.9. The lowest BCUT2D eigenvalue weighted by molar-refractivity contribution is -0.167. The van der Waals surface area contributed by atoms with E-state index in [1.54, 1.807) is 0 Å². The normalized spacial score (nSPS) is 12.7. The molecular weight excluding hydrogens is 1020 g/mol. The van der Waals surface area contributed by atoms with Gasteiger partial charge in [-0.2, -0.15) is 0 Å². The Kier molecular flexibility index (Phi) is 67.7. The van der Waals surface area contributed by atoms with E-state index < -0.39 is 6.10 Å². The number of unbranched alkanes of at least 4 members (excludes halogenated alkanes) is 38. The van der Waals surface area contributed by atoms with Gasteiger partial charge in [0.2, 0.25) is 0 Å². The van der Waals surface area contributed by atoms with Gasteiger partial charge in [0, 0.05) is 19.3 Å². The van der Waals surface area contributed by atoms with E-state index in [2.05, 4.69) is 118 Å². The van der Waals surface area contributed by atoms with E-state index in [4.69, 9.17) is 14.2 Å². The van der Waals surface area contributed by atoms with E-state index in [0.717, 1.165) is 116 Å². The quantitative estimate of drug-likeness (QED) is 0.0261. The number of rotatable bonds is 65. The monoisotopic (exact) mass is 1160 g/mol. The van der Waals surface area contributed by atoms with Gasteiger partial charge in [0.1, 0.15) is 13.2 Å². The first-order valence-corrected chi connectivity index (χ1v) is 35.7. The Labute approximate surface area is 515 Å². The molecule has 0 saturated heterocycles. The van der Waals surface area contributed by atoms with Crippen LogP contribution >= 0.6 is 0 Å². The molecule has 0 aromatic carbocycles. The van der Waals surface area contributed by atoms with Gasteiger partial charge in [0.25, 0.3) is 0 Å². The number of carbonyl (C=O) groups excluding carboxylic acids is 3. The molecule has 1 atom stereocenters. The van der Waals surface area contributed by atoms with Gasteiger partial charge in [-0.3, -0.25) is 14.4 Å². The van der Waals surface area contributed by atoms with Crippen LogP contribution in [0.25, 0.3) is 0 Å². The highest BCUT2D eigenvalue weighted by molar-refractivity contribution is 5.71. The van der Waals surface area contributed by atoms with Crippen molar-refractivity contribution in [1.29, 1.82) is 0 Å². The van der Waals surface area contributed by atoms with Crippen molar-refractivity contribution in [2.45, 2.75) is 361 Å². The standard InChI is InChI=1S/C77H134O6/c1-4-7-10-13-16-19-22-25-28-31-33-35-36-37-38-39-40-41-43-44-46-49-52-55-58-61-64-67-70-76(79)82-73-74(72-81-75(78)69-66-63-60-57-54-51-48-30-27-24-21-18-15-12-9-6-3)83-77(80)71-68-65-62-59-56-53-50-47-45-42-34-32-29-26-23-20-17-14-11-8-5-2/h8,11,17,20-21,24,26,29-30,34,42,47-48,50,56,59,74H,4-7,9-10,12-16,18-19,22-23,25,27-28,31-33,35-41,43-46,49,51-55,57-58,60-73H2,1-3H3/b11-8-,20-17-,24-21-,29-26-,42-34-,48-30-,50-47-,59-56-. The summed E-state index contributed by atoms with van der Waals surface area (Å²) in [4.78, 5) is 38.4. The molecule has 0 heterocycles. The zero-order valence-electron chi connectivity index (χ0n) is 54.9. The second-order valence-electron chi connectivity index (χ2n) is 23.8. The minimum Gasteiger partial charge on any atom is -0.462 e. The SMILES string of the molecule is CC/C=C\C/C=C\C/C=C\C/C=C\C/C=C\C/C=C\CCCCC(=O)OC(COC(=O)CCCCCCC/C=C\C/C=C\CCCCCC)COC(=O)CCCCCCCCCCCCCCCCCCCCCCCCCCCCCC. The van der Waals surface area contributed by atoms with Crippen LogP contribution in [0, 0.1) is 0 Å². The van der Waals surface area contributed by atoms with Crippen LogP contribution in [0.5, 0.6) is 0 Å². The van der Waals surface area contributed by atoms with E-state index >= 15 is 0 Å². The van der Waals surface area contributed by atoms with Gasteiger partial charge in [0.15, 0.2) is 6.10 Å². The molecule has 0 fully saturated rings. The molecule has 0 aliphatic carbocycles. The highest BCUT2D eigenvalue weighted by atomic mass is 16.6. The van der Waals surface area contributed by atoms with E-state index in [0.29, 0.717) is 19.3 Å².